The summed E-state index contributed by atoms with van der Waals surface area (Å²) in [4.78, 5) is 26.4. The largest absolute Gasteiger partial charge is 0.383 e. The SMILES string of the molecule is COCCN1CC=C2C(C=C(C#N)C(=O)C2(C)C)C1=O. The molecule has 0 spiro atoms. The van der Waals surface area contributed by atoms with Crippen molar-refractivity contribution in [1.82, 2.24) is 4.90 Å². The van der Waals surface area contributed by atoms with Gasteiger partial charge in [0.05, 0.1) is 23.5 Å². The second-order valence-electron chi connectivity index (χ2n) is 5.56. The highest BCUT2D eigenvalue weighted by atomic mass is 16.5. The van der Waals surface area contributed by atoms with E-state index in [-0.39, 0.29) is 17.3 Å². The molecule has 0 aromatic heterocycles. The van der Waals surface area contributed by atoms with Gasteiger partial charge in [-0.15, -0.1) is 0 Å². The zero-order valence-corrected chi connectivity index (χ0v) is 12.0. The Morgan fingerprint density at radius 3 is 2.80 bits per heavy atom. The number of hydrogen-bond donors (Lipinski definition) is 0. The summed E-state index contributed by atoms with van der Waals surface area (Å²) < 4.78 is 4.99. The quantitative estimate of drug-likeness (QED) is 0.722. The molecule has 0 N–H and O–H groups in total. The number of carbonyl (C=O) groups excluding carboxylic acids is 2. The van der Waals surface area contributed by atoms with Gasteiger partial charge in [0, 0.05) is 20.2 Å². The maximum absolute atomic E-state index is 12.5. The van der Waals surface area contributed by atoms with E-state index >= 15 is 0 Å². The minimum Gasteiger partial charge on any atom is -0.383 e. The fourth-order valence-corrected chi connectivity index (χ4v) is 2.76. The van der Waals surface area contributed by atoms with Gasteiger partial charge in [-0.2, -0.15) is 5.26 Å². The van der Waals surface area contributed by atoms with E-state index in [9.17, 15) is 9.59 Å². The van der Waals surface area contributed by atoms with Crippen LogP contribution in [0.15, 0.2) is 23.3 Å². The Hall–Kier alpha value is -1.93. The van der Waals surface area contributed by atoms with Crippen LogP contribution >= 0.6 is 0 Å². The van der Waals surface area contributed by atoms with Crippen molar-refractivity contribution in [3.63, 3.8) is 0 Å². The van der Waals surface area contributed by atoms with Crippen LogP contribution in [0, 0.1) is 22.7 Å². The molecule has 5 heteroatoms. The molecule has 0 bridgehead atoms. The van der Waals surface area contributed by atoms with Gasteiger partial charge in [0.25, 0.3) is 0 Å². The average molecular weight is 274 g/mol. The molecule has 1 aliphatic carbocycles. The van der Waals surface area contributed by atoms with Crippen molar-refractivity contribution in [3.05, 3.63) is 23.3 Å². The van der Waals surface area contributed by atoms with Crippen LogP contribution in [0.25, 0.3) is 0 Å². The Labute approximate surface area is 118 Å². The summed E-state index contributed by atoms with van der Waals surface area (Å²) in [6, 6.07) is 1.91. The summed E-state index contributed by atoms with van der Waals surface area (Å²) >= 11 is 0. The zero-order valence-electron chi connectivity index (χ0n) is 12.0. The molecule has 1 unspecified atom stereocenters. The molecule has 1 aliphatic heterocycles. The van der Waals surface area contributed by atoms with E-state index in [1.165, 1.54) is 6.08 Å². The first-order chi connectivity index (χ1) is 9.43. The molecular weight excluding hydrogens is 256 g/mol. The van der Waals surface area contributed by atoms with E-state index < -0.39 is 11.3 Å². The highest BCUT2D eigenvalue weighted by Crippen LogP contribution is 2.42. The Morgan fingerprint density at radius 2 is 2.20 bits per heavy atom. The molecule has 2 rings (SSSR count). The van der Waals surface area contributed by atoms with Crippen LogP contribution in [-0.4, -0.2) is 43.4 Å². The normalized spacial score (nSPS) is 24.7. The van der Waals surface area contributed by atoms with Crippen molar-refractivity contribution < 1.29 is 14.3 Å². The van der Waals surface area contributed by atoms with Crippen LogP contribution < -0.4 is 0 Å². The number of amides is 1. The van der Waals surface area contributed by atoms with Gasteiger partial charge in [-0.25, -0.2) is 0 Å². The lowest BCUT2D eigenvalue weighted by atomic mass is 9.66. The van der Waals surface area contributed by atoms with Gasteiger partial charge >= 0.3 is 0 Å². The summed E-state index contributed by atoms with van der Waals surface area (Å²) in [5.41, 5.74) is 0.104. The number of hydrogen-bond acceptors (Lipinski definition) is 4. The summed E-state index contributed by atoms with van der Waals surface area (Å²) in [6.45, 7) is 5.02. The minimum absolute atomic E-state index is 0.0622. The second kappa shape index (κ2) is 5.22. The number of nitriles is 1. The molecule has 0 saturated carbocycles. The molecule has 2 aliphatic rings. The van der Waals surface area contributed by atoms with Crippen LogP contribution in [0.5, 0.6) is 0 Å². The number of fused-ring (bicyclic) bond motifs is 1. The Morgan fingerprint density at radius 1 is 1.50 bits per heavy atom. The molecule has 1 amide bonds. The van der Waals surface area contributed by atoms with E-state index in [1.54, 1.807) is 25.9 Å². The average Bonchev–Trinajstić information content (AvgIpc) is 2.42. The Bertz CT molecular complexity index is 552. The van der Waals surface area contributed by atoms with E-state index in [0.29, 0.717) is 19.7 Å². The van der Waals surface area contributed by atoms with Crippen molar-refractivity contribution in [2.75, 3.05) is 26.8 Å². The number of carbonyl (C=O) groups is 2. The van der Waals surface area contributed by atoms with Gasteiger partial charge in [0.2, 0.25) is 5.91 Å². The number of ketones is 1. The highest BCUT2D eigenvalue weighted by Gasteiger charge is 2.46. The summed E-state index contributed by atoms with van der Waals surface area (Å²) in [5, 5.41) is 9.07. The van der Waals surface area contributed by atoms with Crippen molar-refractivity contribution >= 4 is 11.7 Å². The molecule has 1 heterocycles. The maximum Gasteiger partial charge on any atom is 0.234 e. The molecule has 0 aromatic rings. The van der Waals surface area contributed by atoms with E-state index in [2.05, 4.69) is 0 Å². The van der Waals surface area contributed by atoms with Crippen molar-refractivity contribution in [2.45, 2.75) is 13.8 Å². The second-order valence-corrected chi connectivity index (χ2v) is 5.56. The Kier molecular flexibility index (Phi) is 3.78. The molecular formula is C15H18N2O3. The summed E-state index contributed by atoms with van der Waals surface area (Å²) in [7, 11) is 1.59. The monoisotopic (exact) mass is 274 g/mol. The number of rotatable bonds is 3. The molecule has 0 saturated heterocycles. The number of ether oxygens (including phenoxy) is 1. The van der Waals surface area contributed by atoms with Crippen LogP contribution in [0.4, 0.5) is 0 Å². The predicted octanol–water partition coefficient (Wildman–Crippen LogP) is 1.08. The molecule has 0 radical (unpaired) electrons. The van der Waals surface area contributed by atoms with Crippen molar-refractivity contribution in [2.24, 2.45) is 11.3 Å². The summed E-state index contributed by atoms with van der Waals surface area (Å²) in [5.74, 6) is -0.767. The lowest BCUT2D eigenvalue weighted by Crippen LogP contribution is -2.47. The van der Waals surface area contributed by atoms with Gasteiger partial charge in [0.15, 0.2) is 5.78 Å². The molecule has 1 atom stereocenters. The minimum atomic E-state index is -0.784. The lowest BCUT2D eigenvalue weighted by molar-refractivity contribution is -0.135. The fourth-order valence-electron chi connectivity index (χ4n) is 2.76. The highest BCUT2D eigenvalue weighted by molar-refractivity contribution is 6.08. The van der Waals surface area contributed by atoms with Gasteiger partial charge in [-0.05, 0) is 25.5 Å². The van der Waals surface area contributed by atoms with E-state index in [0.717, 1.165) is 5.57 Å². The third kappa shape index (κ3) is 2.16. The first-order valence-corrected chi connectivity index (χ1v) is 6.58. The van der Waals surface area contributed by atoms with Gasteiger partial charge < -0.3 is 9.64 Å². The molecule has 0 aromatic carbocycles. The van der Waals surface area contributed by atoms with E-state index in [1.807, 2.05) is 12.1 Å². The third-order valence-electron chi connectivity index (χ3n) is 4.00. The van der Waals surface area contributed by atoms with Crippen LogP contribution in [-0.2, 0) is 14.3 Å². The van der Waals surface area contributed by atoms with Gasteiger partial charge in [-0.3, -0.25) is 9.59 Å². The number of methoxy groups -OCH3 is 1. The first-order valence-electron chi connectivity index (χ1n) is 6.58. The number of nitrogens with zero attached hydrogens (tertiary/aromatic N) is 2. The van der Waals surface area contributed by atoms with Gasteiger partial charge in [0.1, 0.15) is 6.07 Å². The molecule has 106 valence electrons. The van der Waals surface area contributed by atoms with Crippen molar-refractivity contribution in [3.8, 4) is 6.07 Å². The maximum atomic E-state index is 12.5. The van der Waals surface area contributed by atoms with Crippen LogP contribution in [0.2, 0.25) is 0 Å². The van der Waals surface area contributed by atoms with Crippen LogP contribution in [0.3, 0.4) is 0 Å². The summed E-state index contributed by atoms with van der Waals surface area (Å²) in [6.07, 6.45) is 3.44. The zero-order chi connectivity index (χ0) is 14.9. The molecule has 5 nitrogen and oxygen atoms in total. The Balaban J connectivity index is 2.39. The smallest absolute Gasteiger partial charge is 0.234 e. The number of Topliss-reactive ketones (excluding diaryl/α,β-unsaturated/α-hetero) is 1. The molecule has 0 fully saturated rings. The third-order valence-corrected chi connectivity index (χ3v) is 4.00. The topological polar surface area (TPSA) is 70.4 Å². The lowest BCUT2D eigenvalue weighted by Gasteiger charge is -2.40. The fraction of sp³-hybridized carbons (Fsp3) is 0.533. The molecule has 20 heavy (non-hydrogen) atoms. The van der Waals surface area contributed by atoms with E-state index in [4.69, 9.17) is 10.00 Å². The first kappa shape index (κ1) is 14.5. The van der Waals surface area contributed by atoms with Crippen LogP contribution in [0.1, 0.15) is 13.8 Å². The standard InChI is InChI=1S/C15H18N2O3/c1-15(2)12-4-5-17(6-7-20-3)14(19)11(12)8-10(9-16)13(15)18/h4,8,11H,5-7H2,1-3H3. The van der Waals surface area contributed by atoms with Crippen molar-refractivity contribution in [1.29, 1.82) is 5.26 Å². The predicted molar refractivity (Wildman–Crippen MR) is 72.5 cm³/mol. The van der Waals surface area contributed by atoms with Gasteiger partial charge in [-0.1, -0.05) is 6.08 Å². The number of allylic oxidation sites excluding steroid dienone is 1.